The molecule has 2 aromatic carbocycles. The summed E-state index contributed by atoms with van der Waals surface area (Å²) in [5.41, 5.74) is 2.73. The van der Waals surface area contributed by atoms with Gasteiger partial charge in [0.2, 0.25) is 15.9 Å². The van der Waals surface area contributed by atoms with Crippen molar-refractivity contribution in [3.8, 4) is 0 Å². The molecule has 2 aromatic rings. The Balaban J connectivity index is 1.17. The average Bonchev–Trinajstić information content (AvgIpc) is 3.58. The van der Waals surface area contributed by atoms with Crippen LogP contribution in [0.2, 0.25) is 0 Å². The van der Waals surface area contributed by atoms with Crippen LogP contribution in [0.1, 0.15) is 18.4 Å². The zero-order valence-corrected chi connectivity index (χ0v) is 20.5. The largest absolute Gasteiger partial charge is 0.368 e. The first kappa shape index (κ1) is 23.6. The first-order chi connectivity index (χ1) is 16.9. The van der Waals surface area contributed by atoms with Crippen molar-refractivity contribution in [3.63, 3.8) is 0 Å². The fourth-order valence-electron chi connectivity index (χ4n) is 5.03. The number of carbonyl (C=O) groups excluding carboxylic acids is 2. The number of carbonyl (C=O) groups is 2. The fraction of sp³-hybridized carbons (Fsp3) is 0.440. The summed E-state index contributed by atoms with van der Waals surface area (Å²) in [5.74, 6) is -0.232. The summed E-state index contributed by atoms with van der Waals surface area (Å²) in [7, 11) is -3.84. The summed E-state index contributed by atoms with van der Waals surface area (Å²) in [6, 6.07) is 14.9. The molecular formula is C25H31N5O4S. The van der Waals surface area contributed by atoms with Gasteiger partial charge in [0.15, 0.2) is 0 Å². The fourth-order valence-corrected chi connectivity index (χ4v) is 6.05. The zero-order valence-electron chi connectivity index (χ0n) is 19.7. The highest BCUT2D eigenvalue weighted by atomic mass is 32.2. The maximum Gasteiger partial charge on any atom is 0.324 e. The van der Waals surface area contributed by atoms with Crippen LogP contribution in [0.5, 0.6) is 0 Å². The van der Waals surface area contributed by atoms with E-state index in [9.17, 15) is 18.0 Å². The van der Waals surface area contributed by atoms with Gasteiger partial charge in [-0.2, -0.15) is 0 Å². The number of anilines is 2. The Morgan fingerprint density at radius 1 is 0.829 bits per heavy atom. The minimum atomic E-state index is -3.84. The van der Waals surface area contributed by atoms with Gasteiger partial charge in [0, 0.05) is 57.2 Å². The third-order valence-electron chi connectivity index (χ3n) is 7.03. The molecule has 0 unspecified atom stereocenters. The van der Waals surface area contributed by atoms with Crippen LogP contribution < -0.4 is 14.5 Å². The second-order valence-electron chi connectivity index (χ2n) is 9.20. The predicted octanol–water partition coefficient (Wildman–Crippen LogP) is 1.89. The van der Waals surface area contributed by atoms with E-state index in [4.69, 9.17) is 0 Å². The number of fused-ring (bicyclic) bond motifs is 1. The van der Waals surface area contributed by atoms with Crippen molar-refractivity contribution in [2.24, 2.45) is 0 Å². The van der Waals surface area contributed by atoms with Gasteiger partial charge in [-0.3, -0.25) is 9.69 Å². The monoisotopic (exact) mass is 497 g/mol. The topological polar surface area (TPSA) is 93.3 Å². The summed E-state index contributed by atoms with van der Waals surface area (Å²) in [6.07, 6.45) is 2.66. The molecule has 0 radical (unpaired) electrons. The van der Waals surface area contributed by atoms with Crippen LogP contribution in [0.4, 0.5) is 16.2 Å². The highest BCUT2D eigenvalue weighted by molar-refractivity contribution is 7.89. The van der Waals surface area contributed by atoms with Crippen molar-refractivity contribution in [2.75, 3.05) is 62.2 Å². The Kier molecular flexibility index (Phi) is 6.66. The molecule has 2 saturated heterocycles. The molecule has 0 aliphatic carbocycles. The number of rotatable bonds is 5. The number of piperazine rings is 1. The van der Waals surface area contributed by atoms with Gasteiger partial charge in [0.05, 0.1) is 11.4 Å². The van der Waals surface area contributed by atoms with Gasteiger partial charge in [0.1, 0.15) is 0 Å². The highest BCUT2D eigenvalue weighted by Gasteiger charge is 2.31. The number of para-hydroxylation sites is 1. The van der Waals surface area contributed by atoms with Crippen LogP contribution in [-0.4, -0.2) is 82.5 Å². The summed E-state index contributed by atoms with van der Waals surface area (Å²) >= 11 is 0. The number of benzene rings is 2. The van der Waals surface area contributed by atoms with Gasteiger partial charge in [-0.05, 0) is 55.2 Å². The van der Waals surface area contributed by atoms with Crippen LogP contribution in [0.15, 0.2) is 53.4 Å². The van der Waals surface area contributed by atoms with E-state index in [-0.39, 0.29) is 23.4 Å². The number of nitrogens with one attached hydrogen (secondary N) is 1. The number of sulfonamides is 1. The Bertz CT molecular complexity index is 1190. The maximum atomic E-state index is 12.9. The lowest BCUT2D eigenvalue weighted by molar-refractivity contribution is -0.130. The molecule has 186 valence electrons. The smallest absolute Gasteiger partial charge is 0.324 e. The standard InChI is InChI=1S/C25H31N5O4S/c31-24(28-16-14-27(15-17-28)21-6-2-1-3-7-21)19-26-35(33,34)22-8-9-23-20(18-22)10-13-30(23)25(32)29-11-4-5-12-29/h1-3,6-9,18,26H,4-5,10-17,19H2. The molecule has 0 spiro atoms. The lowest BCUT2D eigenvalue weighted by Gasteiger charge is -2.36. The SMILES string of the molecule is O=C(CNS(=O)(=O)c1ccc2c(c1)CCN2C(=O)N1CCCC1)N1CCN(c2ccccc2)CC1. The number of likely N-dealkylation sites (tertiary alicyclic amines) is 1. The van der Waals surface area contributed by atoms with Gasteiger partial charge >= 0.3 is 6.03 Å². The first-order valence-corrected chi connectivity index (χ1v) is 13.7. The van der Waals surface area contributed by atoms with Crippen molar-refractivity contribution in [1.82, 2.24) is 14.5 Å². The van der Waals surface area contributed by atoms with Gasteiger partial charge in [-0.1, -0.05) is 18.2 Å². The van der Waals surface area contributed by atoms with E-state index in [2.05, 4.69) is 9.62 Å². The van der Waals surface area contributed by atoms with E-state index in [1.165, 1.54) is 6.07 Å². The van der Waals surface area contributed by atoms with Gasteiger partial charge in [-0.25, -0.2) is 17.9 Å². The number of nitrogens with zero attached hydrogens (tertiary/aromatic N) is 4. The lowest BCUT2D eigenvalue weighted by Crippen LogP contribution is -2.51. The number of urea groups is 1. The molecule has 5 rings (SSSR count). The first-order valence-electron chi connectivity index (χ1n) is 12.2. The summed E-state index contributed by atoms with van der Waals surface area (Å²) in [5, 5.41) is 0. The number of hydrogen-bond donors (Lipinski definition) is 1. The summed E-state index contributed by atoms with van der Waals surface area (Å²) in [4.78, 5) is 33.1. The van der Waals surface area contributed by atoms with E-state index < -0.39 is 10.0 Å². The average molecular weight is 498 g/mol. The van der Waals surface area contributed by atoms with Crippen LogP contribution >= 0.6 is 0 Å². The summed E-state index contributed by atoms with van der Waals surface area (Å²) < 4.78 is 28.3. The van der Waals surface area contributed by atoms with Crippen molar-refractivity contribution in [1.29, 1.82) is 0 Å². The zero-order chi connectivity index (χ0) is 24.4. The molecule has 0 saturated carbocycles. The van der Waals surface area contributed by atoms with Crippen molar-refractivity contribution in [3.05, 3.63) is 54.1 Å². The molecule has 0 atom stereocenters. The van der Waals surface area contributed by atoms with E-state index >= 15 is 0 Å². The third-order valence-corrected chi connectivity index (χ3v) is 8.43. The van der Waals surface area contributed by atoms with Crippen LogP contribution in [0.3, 0.4) is 0 Å². The number of amides is 3. The second-order valence-corrected chi connectivity index (χ2v) is 11.0. The van der Waals surface area contributed by atoms with Crippen LogP contribution in [-0.2, 0) is 21.2 Å². The number of hydrogen-bond acceptors (Lipinski definition) is 5. The van der Waals surface area contributed by atoms with E-state index in [1.54, 1.807) is 21.9 Å². The van der Waals surface area contributed by atoms with Gasteiger partial charge in [0.25, 0.3) is 0 Å². The Morgan fingerprint density at radius 2 is 1.54 bits per heavy atom. The molecule has 3 aliphatic heterocycles. The Hall–Kier alpha value is -3.11. The van der Waals surface area contributed by atoms with Gasteiger partial charge < -0.3 is 14.7 Å². The van der Waals surface area contributed by atoms with Crippen LogP contribution in [0, 0.1) is 0 Å². The van der Waals surface area contributed by atoms with Gasteiger partial charge in [-0.15, -0.1) is 0 Å². The van der Waals surface area contributed by atoms with E-state index in [1.807, 2.05) is 35.2 Å². The second kappa shape index (κ2) is 9.87. The molecule has 9 nitrogen and oxygen atoms in total. The predicted molar refractivity (Wildman–Crippen MR) is 134 cm³/mol. The molecule has 1 N–H and O–H groups in total. The third kappa shape index (κ3) is 4.99. The van der Waals surface area contributed by atoms with Crippen molar-refractivity contribution < 1.29 is 18.0 Å². The Labute approximate surface area is 206 Å². The maximum absolute atomic E-state index is 12.9. The van der Waals surface area contributed by atoms with Crippen LogP contribution in [0.25, 0.3) is 0 Å². The molecule has 3 amide bonds. The molecule has 3 heterocycles. The lowest BCUT2D eigenvalue weighted by atomic mass is 10.2. The molecule has 35 heavy (non-hydrogen) atoms. The molecule has 2 fully saturated rings. The molecule has 0 bridgehead atoms. The Morgan fingerprint density at radius 3 is 2.26 bits per heavy atom. The van der Waals surface area contributed by atoms with E-state index in [0.717, 1.165) is 42.9 Å². The minimum absolute atomic E-state index is 0.00654. The van der Waals surface area contributed by atoms with E-state index in [0.29, 0.717) is 39.1 Å². The molecule has 3 aliphatic rings. The quantitative estimate of drug-likeness (QED) is 0.681. The minimum Gasteiger partial charge on any atom is -0.368 e. The highest BCUT2D eigenvalue weighted by Crippen LogP contribution is 2.31. The van der Waals surface area contributed by atoms with Crippen molar-refractivity contribution >= 4 is 33.3 Å². The molecule has 0 aromatic heterocycles. The normalized spacial score (nSPS) is 18.2. The molecule has 10 heteroatoms. The van der Waals surface area contributed by atoms with Crippen molar-refractivity contribution in [2.45, 2.75) is 24.2 Å². The molecular weight excluding hydrogens is 466 g/mol. The summed E-state index contributed by atoms with van der Waals surface area (Å²) in [6.45, 7) is 4.34.